The van der Waals surface area contributed by atoms with Crippen molar-refractivity contribution in [2.45, 2.75) is 51.0 Å². The summed E-state index contributed by atoms with van der Waals surface area (Å²) in [5.41, 5.74) is 0. The molecule has 0 fully saturated rings. The number of unbranched alkanes of at least 4 members (excludes halogenated alkanes) is 1. The molecule has 6 heteroatoms. The van der Waals surface area contributed by atoms with Crippen LogP contribution < -0.4 is 0 Å². The third-order valence-electron chi connectivity index (χ3n) is 3.15. The van der Waals surface area contributed by atoms with Crippen molar-refractivity contribution in [2.75, 3.05) is 34.5 Å². The van der Waals surface area contributed by atoms with Crippen molar-refractivity contribution in [3.63, 3.8) is 0 Å². The summed E-state index contributed by atoms with van der Waals surface area (Å²) in [6, 6.07) is 0. The van der Waals surface area contributed by atoms with Gasteiger partial charge in [-0.25, -0.2) is 0 Å². The highest BCUT2D eigenvalue weighted by Gasteiger charge is 2.08. The Kier molecular flexibility index (Phi) is 13.1. The summed E-state index contributed by atoms with van der Waals surface area (Å²) < 4.78 is 20.0. The van der Waals surface area contributed by atoms with E-state index < -0.39 is 0 Å². The zero-order valence-electron chi connectivity index (χ0n) is 13.4. The lowest BCUT2D eigenvalue weighted by molar-refractivity contribution is -0.145. The molecule has 0 heterocycles. The number of hydrogen-bond acceptors (Lipinski definition) is 6. The second kappa shape index (κ2) is 13.8. The van der Waals surface area contributed by atoms with E-state index in [9.17, 15) is 9.59 Å². The van der Waals surface area contributed by atoms with Crippen molar-refractivity contribution in [2.24, 2.45) is 0 Å². The maximum absolute atomic E-state index is 11.5. The van der Waals surface area contributed by atoms with Crippen molar-refractivity contribution >= 4 is 11.9 Å². The Bertz CT molecular complexity index is 279. The average Bonchev–Trinajstić information content (AvgIpc) is 2.50. The van der Waals surface area contributed by atoms with Crippen molar-refractivity contribution in [1.29, 1.82) is 0 Å². The fraction of sp³-hybridized carbons (Fsp3) is 0.867. The molecule has 0 aromatic rings. The van der Waals surface area contributed by atoms with Gasteiger partial charge in [-0.2, -0.15) is 0 Å². The third kappa shape index (κ3) is 12.3. The van der Waals surface area contributed by atoms with Crippen LogP contribution in [-0.2, 0) is 28.5 Å². The van der Waals surface area contributed by atoms with E-state index in [0.29, 0.717) is 38.9 Å². The highest BCUT2D eigenvalue weighted by Crippen LogP contribution is 2.07. The molecule has 21 heavy (non-hydrogen) atoms. The summed E-state index contributed by atoms with van der Waals surface area (Å²) in [5.74, 6) is -0.462. The molecule has 0 aliphatic carbocycles. The second-order valence-electron chi connectivity index (χ2n) is 4.79. The third-order valence-corrected chi connectivity index (χ3v) is 3.15. The molecular formula is C15H28O6. The van der Waals surface area contributed by atoms with E-state index in [-0.39, 0.29) is 18.0 Å². The minimum Gasteiger partial charge on any atom is -0.469 e. The topological polar surface area (TPSA) is 71.1 Å². The van der Waals surface area contributed by atoms with Crippen LogP contribution in [0.4, 0.5) is 0 Å². The van der Waals surface area contributed by atoms with Crippen molar-refractivity contribution in [3.05, 3.63) is 0 Å². The Balaban J connectivity index is 3.50. The average molecular weight is 304 g/mol. The summed E-state index contributed by atoms with van der Waals surface area (Å²) >= 11 is 0. The molecule has 0 saturated carbocycles. The van der Waals surface area contributed by atoms with E-state index in [1.165, 1.54) is 7.11 Å². The van der Waals surface area contributed by atoms with Gasteiger partial charge in [0.2, 0.25) is 0 Å². The fourth-order valence-corrected chi connectivity index (χ4v) is 1.84. The van der Waals surface area contributed by atoms with Crippen LogP contribution in [0.2, 0.25) is 0 Å². The van der Waals surface area contributed by atoms with E-state index in [4.69, 9.17) is 14.2 Å². The van der Waals surface area contributed by atoms with Crippen molar-refractivity contribution in [3.8, 4) is 0 Å². The maximum atomic E-state index is 11.5. The quantitative estimate of drug-likeness (QED) is 0.383. The predicted molar refractivity (Wildman–Crippen MR) is 78.0 cm³/mol. The molecule has 1 unspecified atom stereocenters. The van der Waals surface area contributed by atoms with Gasteiger partial charge in [-0.1, -0.05) is 0 Å². The first-order chi connectivity index (χ1) is 10.1. The van der Waals surface area contributed by atoms with Gasteiger partial charge in [0, 0.05) is 33.7 Å². The van der Waals surface area contributed by atoms with Crippen molar-refractivity contribution in [1.82, 2.24) is 0 Å². The zero-order valence-corrected chi connectivity index (χ0v) is 13.4. The van der Waals surface area contributed by atoms with Crippen LogP contribution in [-0.4, -0.2) is 52.6 Å². The fourth-order valence-electron chi connectivity index (χ4n) is 1.84. The molecule has 0 aliphatic rings. The van der Waals surface area contributed by atoms with Gasteiger partial charge < -0.3 is 18.9 Å². The lowest BCUT2D eigenvalue weighted by Gasteiger charge is -2.14. The number of hydrogen-bond donors (Lipinski definition) is 0. The summed E-state index contributed by atoms with van der Waals surface area (Å²) in [5, 5.41) is 0. The Morgan fingerprint density at radius 2 is 1.52 bits per heavy atom. The molecule has 0 rings (SSSR count). The van der Waals surface area contributed by atoms with Crippen LogP contribution in [0.1, 0.15) is 44.9 Å². The number of carbonyl (C=O) groups excluding carboxylic acids is 2. The molecule has 0 aromatic heterocycles. The van der Waals surface area contributed by atoms with Gasteiger partial charge in [0.05, 0.1) is 19.8 Å². The standard InChI is InChI=1S/C15H28O6/c1-18-12-10-13(19-2)7-6-11-21-15(17)9-5-4-8-14(16)20-3/h13H,4-12H2,1-3H3. The van der Waals surface area contributed by atoms with Crippen molar-refractivity contribution < 1.29 is 28.5 Å². The van der Waals surface area contributed by atoms with Gasteiger partial charge in [0.25, 0.3) is 0 Å². The highest BCUT2D eigenvalue weighted by atomic mass is 16.5. The molecule has 0 bridgehead atoms. The van der Waals surface area contributed by atoms with Gasteiger partial charge >= 0.3 is 11.9 Å². The van der Waals surface area contributed by atoms with Gasteiger partial charge in [0.1, 0.15) is 0 Å². The van der Waals surface area contributed by atoms with Crippen LogP contribution in [0.15, 0.2) is 0 Å². The molecule has 0 radical (unpaired) electrons. The van der Waals surface area contributed by atoms with Crippen LogP contribution >= 0.6 is 0 Å². The normalized spacial score (nSPS) is 12.0. The molecule has 6 nitrogen and oxygen atoms in total. The van der Waals surface area contributed by atoms with Crippen LogP contribution in [0.25, 0.3) is 0 Å². The predicted octanol–water partition coefficient (Wildman–Crippen LogP) is 2.09. The minimum absolute atomic E-state index is 0.142. The first-order valence-electron chi connectivity index (χ1n) is 7.38. The molecule has 0 aromatic carbocycles. The Morgan fingerprint density at radius 3 is 2.10 bits per heavy atom. The van der Waals surface area contributed by atoms with E-state index in [2.05, 4.69) is 4.74 Å². The van der Waals surface area contributed by atoms with E-state index in [1.807, 2.05) is 0 Å². The number of ether oxygens (including phenoxy) is 4. The first-order valence-corrected chi connectivity index (χ1v) is 7.38. The molecule has 0 amide bonds. The monoisotopic (exact) mass is 304 g/mol. The Labute approximate surface area is 127 Å². The summed E-state index contributed by atoms with van der Waals surface area (Å²) in [6.45, 7) is 1.07. The smallest absolute Gasteiger partial charge is 0.305 e. The van der Waals surface area contributed by atoms with Crippen LogP contribution in [0, 0.1) is 0 Å². The molecular weight excluding hydrogens is 276 g/mol. The van der Waals surface area contributed by atoms with E-state index in [1.54, 1.807) is 14.2 Å². The highest BCUT2D eigenvalue weighted by molar-refractivity contribution is 5.70. The second-order valence-corrected chi connectivity index (χ2v) is 4.79. The molecule has 0 aliphatic heterocycles. The number of carbonyl (C=O) groups is 2. The molecule has 0 N–H and O–H groups in total. The SMILES string of the molecule is COCCC(CCCOC(=O)CCCCC(=O)OC)OC. The zero-order chi connectivity index (χ0) is 15.9. The summed E-state index contributed by atoms with van der Waals surface area (Å²) in [6.07, 6.45) is 4.57. The van der Waals surface area contributed by atoms with Gasteiger partial charge in [-0.05, 0) is 32.1 Å². The molecule has 0 saturated heterocycles. The van der Waals surface area contributed by atoms with Gasteiger partial charge in [0.15, 0.2) is 0 Å². The Morgan fingerprint density at radius 1 is 0.857 bits per heavy atom. The lowest BCUT2D eigenvalue weighted by Crippen LogP contribution is -2.15. The minimum atomic E-state index is -0.245. The maximum Gasteiger partial charge on any atom is 0.305 e. The molecule has 1 atom stereocenters. The molecule has 0 spiro atoms. The molecule has 124 valence electrons. The number of rotatable bonds is 13. The van der Waals surface area contributed by atoms with Crippen LogP contribution in [0.5, 0.6) is 0 Å². The van der Waals surface area contributed by atoms with Crippen LogP contribution in [0.3, 0.4) is 0 Å². The largest absolute Gasteiger partial charge is 0.469 e. The van der Waals surface area contributed by atoms with Gasteiger partial charge in [-0.3, -0.25) is 9.59 Å². The summed E-state index contributed by atoms with van der Waals surface area (Å²) in [7, 11) is 4.69. The lowest BCUT2D eigenvalue weighted by atomic mass is 10.1. The first kappa shape index (κ1) is 19.9. The van der Waals surface area contributed by atoms with E-state index in [0.717, 1.165) is 19.3 Å². The number of methoxy groups -OCH3 is 3. The Hall–Kier alpha value is -1.14. The number of esters is 2. The van der Waals surface area contributed by atoms with E-state index >= 15 is 0 Å². The summed E-state index contributed by atoms with van der Waals surface area (Å²) in [4.78, 5) is 22.3. The van der Waals surface area contributed by atoms with Gasteiger partial charge in [-0.15, -0.1) is 0 Å².